The number of halogens is 2. The van der Waals surface area contributed by atoms with Crippen LogP contribution in [0.2, 0.25) is 5.02 Å². The number of carbonyl (C=O) groups is 1. The Labute approximate surface area is 149 Å². The van der Waals surface area contributed by atoms with E-state index in [0.29, 0.717) is 10.4 Å². The molecule has 0 atom stereocenters. The zero-order valence-electron chi connectivity index (χ0n) is 12.9. The molecule has 2 aromatic heterocycles. The van der Waals surface area contributed by atoms with Gasteiger partial charge in [-0.25, -0.2) is 14.0 Å². The molecule has 0 fully saturated rings. The Balaban J connectivity index is 1.92. The lowest BCUT2D eigenvalue weighted by Crippen LogP contribution is -2.20. The van der Waals surface area contributed by atoms with Gasteiger partial charge in [0.25, 0.3) is 0 Å². The first-order chi connectivity index (χ1) is 12.4. The van der Waals surface area contributed by atoms with E-state index in [-0.39, 0.29) is 22.1 Å². The van der Waals surface area contributed by atoms with Crippen molar-refractivity contribution in [2.24, 2.45) is 0 Å². The summed E-state index contributed by atoms with van der Waals surface area (Å²) in [6.45, 7) is 0. The third-order valence-electron chi connectivity index (χ3n) is 3.88. The molecule has 0 aliphatic heterocycles. The van der Waals surface area contributed by atoms with Crippen molar-refractivity contribution in [3.8, 4) is 0 Å². The molecule has 0 saturated heterocycles. The van der Waals surface area contributed by atoms with Crippen LogP contribution < -0.4 is 11.3 Å². The van der Waals surface area contributed by atoms with E-state index in [4.69, 9.17) is 20.4 Å². The second-order valence-corrected chi connectivity index (χ2v) is 6.02. The van der Waals surface area contributed by atoms with E-state index in [1.54, 1.807) is 6.07 Å². The monoisotopic (exact) mass is 370 g/mol. The second kappa shape index (κ2) is 5.93. The van der Waals surface area contributed by atoms with Crippen molar-refractivity contribution < 1.29 is 18.0 Å². The van der Waals surface area contributed by atoms with E-state index in [0.717, 1.165) is 12.1 Å². The summed E-state index contributed by atoms with van der Waals surface area (Å²) >= 11 is 5.91. The highest BCUT2D eigenvalue weighted by Gasteiger charge is 2.20. The fourth-order valence-corrected chi connectivity index (χ4v) is 2.83. The maximum atomic E-state index is 13.4. The van der Waals surface area contributed by atoms with Crippen molar-refractivity contribution in [3.63, 3.8) is 0 Å². The molecule has 0 unspecified atom stereocenters. The van der Waals surface area contributed by atoms with E-state index in [2.05, 4.69) is 0 Å². The van der Waals surface area contributed by atoms with Crippen molar-refractivity contribution in [2.75, 3.05) is 0 Å². The molecule has 7 heteroatoms. The van der Waals surface area contributed by atoms with Gasteiger partial charge < -0.3 is 8.83 Å². The second-order valence-electron chi connectivity index (χ2n) is 5.59. The lowest BCUT2D eigenvalue weighted by atomic mass is 10.0. The van der Waals surface area contributed by atoms with E-state index in [9.17, 15) is 18.8 Å². The number of carbonyl (C=O) groups excluding carboxylic acids is 1. The van der Waals surface area contributed by atoms with Crippen molar-refractivity contribution in [2.45, 2.75) is 0 Å². The molecule has 0 N–H and O–H groups in total. The summed E-state index contributed by atoms with van der Waals surface area (Å²) in [5.41, 5.74) is -2.18. The van der Waals surface area contributed by atoms with Crippen molar-refractivity contribution in [1.29, 1.82) is 0 Å². The van der Waals surface area contributed by atoms with E-state index in [1.165, 1.54) is 30.3 Å². The molecule has 0 bridgehead atoms. The minimum Gasteiger partial charge on any atom is -0.422 e. The quantitative estimate of drug-likeness (QED) is 0.395. The predicted molar refractivity (Wildman–Crippen MR) is 93.4 cm³/mol. The van der Waals surface area contributed by atoms with Gasteiger partial charge in [-0.1, -0.05) is 11.6 Å². The normalized spacial score (nSPS) is 11.2. The Morgan fingerprint density at radius 3 is 1.96 bits per heavy atom. The molecule has 2 heterocycles. The number of hydrogen-bond donors (Lipinski definition) is 0. The van der Waals surface area contributed by atoms with Crippen LogP contribution in [0.15, 0.2) is 67.0 Å². The Kier molecular flexibility index (Phi) is 3.70. The summed E-state index contributed by atoms with van der Waals surface area (Å²) in [6.07, 6.45) is 0. The van der Waals surface area contributed by atoms with Crippen LogP contribution in [0.4, 0.5) is 4.39 Å². The first-order valence-electron chi connectivity index (χ1n) is 7.44. The van der Waals surface area contributed by atoms with Gasteiger partial charge in [0.05, 0.1) is 0 Å². The fourth-order valence-electron chi connectivity index (χ4n) is 2.65. The molecule has 0 spiro atoms. The molecular weight excluding hydrogens is 363 g/mol. The number of benzene rings is 2. The van der Waals surface area contributed by atoms with Gasteiger partial charge in [0.2, 0.25) is 5.78 Å². The summed E-state index contributed by atoms with van der Waals surface area (Å²) in [4.78, 5) is 37.0. The lowest BCUT2D eigenvalue weighted by Gasteiger charge is -2.03. The predicted octanol–water partition coefficient (Wildman–Crippen LogP) is 3.92. The Bertz CT molecular complexity index is 1220. The van der Waals surface area contributed by atoms with Gasteiger partial charge in [-0.2, -0.15) is 0 Å². The zero-order chi connectivity index (χ0) is 18.4. The van der Waals surface area contributed by atoms with Crippen LogP contribution in [0.1, 0.15) is 15.9 Å². The summed E-state index contributed by atoms with van der Waals surface area (Å²) in [7, 11) is 0. The molecule has 0 aliphatic carbocycles. The molecule has 4 aromatic rings. The van der Waals surface area contributed by atoms with Crippen LogP contribution >= 0.6 is 11.6 Å². The van der Waals surface area contributed by atoms with Gasteiger partial charge >= 0.3 is 11.3 Å². The van der Waals surface area contributed by atoms with Gasteiger partial charge in [0, 0.05) is 15.8 Å². The molecular formula is C19H8ClFO5. The smallest absolute Gasteiger partial charge is 0.347 e. The van der Waals surface area contributed by atoms with Crippen molar-refractivity contribution in [3.05, 3.63) is 91.3 Å². The first kappa shape index (κ1) is 16.2. The molecule has 2 aromatic carbocycles. The summed E-state index contributed by atoms with van der Waals surface area (Å²) < 4.78 is 23.5. The van der Waals surface area contributed by atoms with Gasteiger partial charge in [-0.05, 0) is 48.5 Å². The number of fused-ring (bicyclic) bond motifs is 2. The molecule has 4 rings (SSSR count). The Hall–Kier alpha value is -3.25. The number of rotatable bonds is 2. The maximum Gasteiger partial charge on any atom is 0.347 e. The highest BCUT2D eigenvalue weighted by Crippen LogP contribution is 2.21. The largest absolute Gasteiger partial charge is 0.422 e. The SMILES string of the molecule is O=C(c1cc2cc(F)ccc2oc1=O)c1cc2cc(Cl)ccc2oc1=O. The molecule has 0 amide bonds. The average molecular weight is 371 g/mol. The molecule has 128 valence electrons. The van der Waals surface area contributed by atoms with Crippen LogP contribution in [0.3, 0.4) is 0 Å². The number of hydrogen-bond acceptors (Lipinski definition) is 5. The van der Waals surface area contributed by atoms with Crippen LogP contribution in [0.5, 0.6) is 0 Å². The minimum atomic E-state index is -0.931. The molecule has 0 saturated carbocycles. The van der Waals surface area contributed by atoms with Crippen molar-refractivity contribution >= 4 is 39.3 Å². The van der Waals surface area contributed by atoms with Crippen LogP contribution in [0, 0.1) is 5.82 Å². The summed E-state index contributed by atoms with van der Waals surface area (Å²) in [5.74, 6) is -1.43. The fraction of sp³-hybridized carbons (Fsp3) is 0. The third-order valence-corrected chi connectivity index (χ3v) is 4.11. The first-order valence-corrected chi connectivity index (χ1v) is 7.82. The average Bonchev–Trinajstić information content (AvgIpc) is 2.60. The van der Waals surface area contributed by atoms with Gasteiger partial charge in [0.1, 0.15) is 28.1 Å². The Morgan fingerprint density at radius 1 is 0.808 bits per heavy atom. The van der Waals surface area contributed by atoms with Crippen molar-refractivity contribution in [1.82, 2.24) is 0 Å². The summed E-state index contributed by atoms with van der Waals surface area (Å²) in [6, 6.07) is 10.6. The van der Waals surface area contributed by atoms with E-state index >= 15 is 0 Å². The Morgan fingerprint density at radius 2 is 1.35 bits per heavy atom. The van der Waals surface area contributed by atoms with Crippen LogP contribution in [-0.4, -0.2) is 5.78 Å². The minimum absolute atomic E-state index is 0.130. The third kappa shape index (κ3) is 2.70. The molecule has 26 heavy (non-hydrogen) atoms. The number of ketones is 1. The van der Waals surface area contributed by atoms with Gasteiger partial charge in [0.15, 0.2) is 0 Å². The maximum absolute atomic E-state index is 13.4. The summed E-state index contributed by atoms with van der Waals surface area (Å²) in [5, 5.41) is 1.04. The van der Waals surface area contributed by atoms with Gasteiger partial charge in [-0.3, -0.25) is 4.79 Å². The van der Waals surface area contributed by atoms with E-state index < -0.39 is 28.4 Å². The highest BCUT2D eigenvalue weighted by atomic mass is 35.5. The molecule has 0 aliphatic rings. The molecule has 5 nitrogen and oxygen atoms in total. The van der Waals surface area contributed by atoms with E-state index in [1.807, 2.05) is 0 Å². The van der Waals surface area contributed by atoms with Gasteiger partial charge in [-0.15, -0.1) is 0 Å². The van der Waals surface area contributed by atoms with Crippen LogP contribution in [0.25, 0.3) is 21.9 Å². The molecule has 0 radical (unpaired) electrons. The lowest BCUT2D eigenvalue weighted by molar-refractivity contribution is 0.103. The van der Waals surface area contributed by atoms with Crippen LogP contribution in [-0.2, 0) is 0 Å². The zero-order valence-corrected chi connectivity index (χ0v) is 13.7. The topological polar surface area (TPSA) is 77.5 Å². The highest BCUT2D eigenvalue weighted by molar-refractivity contribution is 6.31. The standard InChI is InChI=1S/C19H8ClFO5/c20-11-1-3-15-9(5-11)7-13(18(23)25-15)17(22)14-8-10-6-12(21)2-4-16(10)26-19(14)24/h1-8H.